The average Bonchev–Trinajstić information content (AvgIpc) is 2.54. The second kappa shape index (κ2) is 7.45. The van der Waals surface area contributed by atoms with Crippen molar-refractivity contribution in [3.63, 3.8) is 0 Å². The molecule has 128 valence electrons. The molecule has 1 N–H and O–H groups in total. The lowest BCUT2D eigenvalue weighted by Crippen LogP contribution is -2.43. The molecular formula is C17H26N2O3S. The number of carbonyl (C=O) groups excluding carboxylic acids is 1. The van der Waals surface area contributed by atoms with Crippen LogP contribution in [0.2, 0.25) is 0 Å². The van der Waals surface area contributed by atoms with Crippen molar-refractivity contribution < 1.29 is 13.2 Å². The van der Waals surface area contributed by atoms with Crippen LogP contribution in [0.4, 0.5) is 0 Å². The van der Waals surface area contributed by atoms with Gasteiger partial charge in [-0.1, -0.05) is 13.3 Å². The Morgan fingerprint density at radius 2 is 1.91 bits per heavy atom. The topological polar surface area (TPSA) is 66.5 Å². The van der Waals surface area contributed by atoms with Gasteiger partial charge in [0, 0.05) is 24.2 Å². The van der Waals surface area contributed by atoms with Crippen LogP contribution >= 0.6 is 0 Å². The van der Waals surface area contributed by atoms with Crippen LogP contribution in [0.1, 0.15) is 56.8 Å². The SMILES string of the molecule is CCC1CCCCN1S(=O)(=O)c1ccc(C(=O)NC(C)C)cc1. The van der Waals surface area contributed by atoms with Crippen LogP contribution in [0.25, 0.3) is 0 Å². The molecule has 2 rings (SSSR count). The van der Waals surface area contributed by atoms with Gasteiger partial charge in [-0.3, -0.25) is 4.79 Å². The minimum atomic E-state index is -3.49. The minimum absolute atomic E-state index is 0.0459. The molecule has 1 unspecified atom stereocenters. The number of hydrogen-bond donors (Lipinski definition) is 1. The van der Waals surface area contributed by atoms with E-state index in [1.807, 2.05) is 20.8 Å². The molecule has 23 heavy (non-hydrogen) atoms. The van der Waals surface area contributed by atoms with E-state index in [0.29, 0.717) is 12.1 Å². The van der Waals surface area contributed by atoms with Crippen LogP contribution < -0.4 is 5.32 Å². The summed E-state index contributed by atoms with van der Waals surface area (Å²) in [6.45, 7) is 6.38. The zero-order valence-corrected chi connectivity index (χ0v) is 14.9. The number of nitrogens with one attached hydrogen (secondary N) is 1. The summed E-state index contributed by atoms with van der Waals surface area (Å²) in [5.41, 5.74) is 0.475. The van der Waals surface area contributed by atoms with E-state index in [-0.39, 0.29) is 22.9 Å². The fourth-order valence-corrected chi connectivity index (χ4v) is 4.72. The van der Waals surface area contributed by atoms with Gasteiger partial charge < -0.3 is 5.32 Å². The van der Waals surface area contributed by atoms with Gasteiger partial charge in [0.2, 0.25) is 10.0 Å². The van der Waals surface area contributed by atoms with Gasteiger partial charge >= 0.3 is 0 Å². The van der Waals surface area contributed by atoms with Crippen molar-refractivity contribution in [2.24, 2.45) is 0 Å². The second-order valence-corrected chi connectivity index (χ2v) is 8.22. The molecule has 6 heteroatoms. The smallest absolute Gasteiger partial charge is 0.251 e. The van der Waals surface area contributed by atoms with Gasteiger partial charge in [0.05, 0.1) is 4.90 Å². The van der Waals surface area contributed by atoms with Crippen LogP contribution in [0.15, 0.2) is 29.2 Å². The molecule has 1 aliphatic rings. The third-order valence-electron chi connectivity index (χ3n) is 4.19. The number of nitrogens with zero attached hydrogens (tertiary/aromatic N) is 1. The van der Waals surface area contributed by atoms with Crippen LogP contribution in [0.5, 0.6) is 0 Å². The van der Waals surface area contributed by atoms with Gasteiger partial charge in [-0.2, -0.15) is 4.31 Å². The first kappa shape index (κ1) is 17.9. The van der Waals surface area contributed by atoms with Gasteiger partial charge in [0.15, 0.2) is 0 Å². The maximum atomic E-state index is 12.8. The monoisotopic (exact) mass is 338 g/mol. The molecule has 0 bridgehead atoms. The number of sulfonamides is 1. The predicted octanol–water partition coefficient (Wildman–Crippen LogP) is 2.78. The molecule has 0 radical (unpaired) electrons. The molecule has 5 nitrogen and oxygen atoms in total. The molecule has 0 saturated carbocycles. The van der Waals surface area contributed by atoms with E-state index in [1.54, 1.807) is 16.4 Å². The molecule has 0 aliphatic carbocycles. The number of amides is 1. The molecule has 0 aromatic heterocycles. The van der Waals surface area contributed by atoms with E-state index >= 15 is 0 Å². The Morgan fingerprint density at radius 3 is 2.48 bits per heavy atom. The Bertz CT molecular complexity index is 638. The summed E-state index contributed by atoms with van der Waals surface area (Å²) in [5.74, 6) is -0.187. The molecule has 0 spiro atoms. The Morgan fingerprint density at radius 1 is 1.26 bits per heavy atom. The lowest BCUT2D eigenvalue weighted by molar-refractivity contribution is 0.0943. The van der Waals surface area contributed by atoms with Crippen molar-refractivity contribution >= 4 is 15.9 Å². The van der Waals surface area contributed by atoms with Crippen LogP contribution in [0.3, 0.4) is 0 Å². The third kappa shape index (κ3) is 4.12. The second-order valence-electron chi connectivity index (χ2n) is 6.33. The van der Waals surface area contributed by atoms with Crippen molar-refractivity contribution in [2.45, 2.75) is 63.4 Å². The van der Waals surface area contributed by atoms with Crippen molar-refractivity contribution in [2.75, 3.05) is 6.54 Å². The minimum Gasteiger partial charge on any atom is -0.350 e. The molecular weight excluding hydrogens is 312 g/mol. The van der Waals surface area contributed by atoms with E-state index < -0.39 is 10.0 Å². The summed E-state index contributed by atoms with van der Waals surface area (Å²) in [6.07, 6.45) is 3.74. The average molecular weight is 338 g/mol. The van der Waals surface area contributed by atoms with Crippen molar-refractivity contribution in [1.29, 1.82) is 0 Å². The number of hydrogen-bond acceptors (Lipinski definition) is 3. The predicted molar refractivity (Wildman–Crippen MR) is 90.9 cm³/mol. The van der Waals surface area contributed by atoms with Crippen LogP contribution in [-0.4, -0.2) is 37.3 Å². The normalized spacial score (nSPS) is 19.7. The van der Waals surface area contributed by atoms with Gasteiger partial charge in [0.25, 0.3) is 5.91 Å². The summed E-state index contributed by atoms with van der Waals surface area (Å²) in [7, 11) is -3.49. The fourth-order valence-electron chi connectivity index (χ4n) is 2.96. The zero-order valence-electron chi connectivity index (χ0n) is 14.1. The van der Waals surface area contributed by atoms with Crippen molar-refractivity contribution in [3.8, 4) is 0 Å². The number of carbonyl (C=O) groups is 1. The molecule has 1 aliphatic heterocycles. The Hall–Kier alpha value is -1.40. The van der Waals surface area contributed by atoms with Gasteiger partial charge in [-0.05, 0) is 57.4 Å². The summed E-state index contributed by atoms with van der Waals surface area (Å²) in [5, 5.41) is 2.80. The molecule has 1 heterocycles. The van der Waals surface area contributed by atoms with Gasteiger partial charge in [-0.25, -0.2) is 8.42 Å². The zero-order chi connectivity index (χ0) is 17.0. The first-order valence-corrected chi connectivity index (χ1v) is 9.73. The number of piperidine rings is 1. The standard InChI is InChI=1S/C17H26N2O3S/c1-4-15-7-5-6-12-19(15)23(21,22)16-10-8-14(9-11-16)17(20)18-13(2)3/h8-11,13,15H,4-7,12H2,1-3H3,(H,18,20). The first-order chi connectivity index (χ1) is 10.9. The van der Waals surface area contributed by atoms with E-state index in [4.69, 9.17) is 0 Å². The van der Waals surface area contributed by atoms with E-state index in [0.717, 1.165) is 25.7 Å². The van der Waals surface area contributed by atoms with Gasteiger partial charge in [-0.15, -0.1) is 0 Å². The largest absolute Gasteiger partial charge is 0.350 e. The van der Waals surface area contributed by atoms with Crippen molar-refractivity contribution in [1.82, 2.24) is 9.62 Å². The molecule has 1 atom stereocenters. The third-order valence-corrected chi connectivity index (χ3v) is 6.15. The first-order valence-electron chi connectivity index (χ1n) is 8.29. The highest BCUT2D eigenvalue weighted by molar-refractivity contribution is 7.89. The number of rotatable bonds is 5. The van der Waals surface area contributed by atoms with Crippen LogP contribution in [0, 0.1) is 0 Å². The van der Waals surface area contributed by atoms with E-state index in [1.165, 1.54) is 12.1 Å². The molecule has 1 amide bonds. The molecule has 1 aromatic rings. The summed E-state index contributed by atoms with van der Waals surface area (Å²) in [4.78, 5) is 12.2. The fraction of sp³-hybridized carbons (Fsp3) is 0.588. The van der Waals surface area contributed by atoms with Crippen LogP contribution in [-0.2, 0) is 10.0 Å². The maximum Gasteiger partial charge on any atom is 0.251 e. The van der Waals surface area contributed by atoms with Crippen molar-refractivity contribution in [3.05, 3.63) is 29.8 Å². The van der Waals surface area contributed by atoms with E-state index in [9.17, 15) is 13.2 Å². The quantitative estimate of drug-likeness (QED) is 0.898. The highest BCUT2D eigenvalue weighted by Crippen LogP contribution is 2.27. The molecule has 1 aromatic carbocycles. The molecule has 1 saturated heterocycles. The summed E-state index contributed by atoms with van der Waals surface area (Å²) in [6, 6.07) is 6.35. The number of benzene rings is 1. The summed E-state index contributed by atoms with van der Waals surface area (Å²) >= 11 is 0. The maximum absolute atomic E-state index is 12.8. The highest BCUT2D eigenvalue weighted by Gasteiger charge is 2.32. The highest BCUT2D eigenvalue weighted by atomic mass is 32.2. The Kier molecular flexibility index (Phi) is 5.81. The molecule has 1 fully saturated rings. The Labute approximate surface area is 139 Å². The summed E-state index contributed by atoms with van der Waals surface area (Å²) < 4.78 is 27.3. The van der Waals surface area contributed by atoms with E-state index in [2.05, 4.69) is 5.32 Å². The lowest BCUT2D eigenvalue weighted by Gasteiger charge is -2.34. The Balaban J connectivity index is 2.21. The van der Waals surface area contributed by atoms with Gasteiger partial charge in [0.1, 0.15) is 0 Å². The lowest BCUT2D eigenvalue weighted by atomic mass is 10.0.